The second-order valence-electron chi connectivity index (χ2n) is 4.69. The van der Waals surface area contributed by atoms with E-state index in [1.807, 2.05) is 42.6 Å². The van der Waals surface area contributed by atoms with E-state index in [-0.39, 0.29) is 6.04 Å². The Hall–Kier alpha value is -1.81. The van der Waals surface area contributed by atoms with E-state index >= 15 is 0 Å². The number of anilines is 1. The van der Waals surface area contributed by atoms with E-state index in [1.54, 1.807) is 13.3 Å². The molecule has 3 nitrogen and oxygen atoms in total. The lowest BCUT2D eigenvalue weighted by molar-refractivity contribution is 0.415. The van der Waals surface area contributed by atoms with E-state index in [4.69, 9.17) is 4.74 Å². The Bertz CT molecular complexity index is 584. The largest absolute Gasteiger partial charge is 0.497 e. The van der Waals surface area contributed by atoms with Gasteiger partial charge in [0.25, 0.3) is 0 Å². The van der Waals surface area contributed by atoms with Gasteiger partial charge in [0.15, 0.2) is 0 Å². The number of allylic oxidation sites excluding steroid dienone is 1. The average molecular weight is 347 g/mol. The first-order chi connectivity index (χ1) is 10.2. The van der Waals surface area contributed by atoms with Crippen LogP contribution in [0.4, 0.5) is 5.69 Å². The average Bonchev–Trinajstić information content (AvgIpc) is 2.53. The van der Waals surface area contributed by atoms with Crippen LogP contribution < -0.4 is 10.1 Å². The zero-order valence-corrected chi connectivity index (χ0v) is 13.6. The van der Waals surface area contributed by atoms with Crippen LogP contribution in [0.1, 0.15) is 24.4 Å². The van der Waals surface area contributed by atoms with Crippen molar-refractivity contribution in [1.82, 2.24) is 4.98 Å². The molecular weight excluding hydrogens is 328 g/mol. The summed E-state index contributed by atoms with van der Waals surface area (Å²) in [6, 6.07) is 10.1. The molecule has 4 heteroatoms. The van der Waals surface area contributed by atoms with Crippen molar-refractivity contribution in [3.8, 4) is 5.75 Å². The van der Waals surface area contributed by atoms with Crippen LogP contribution in [0.15, 0.2) is 59.9 Å². The van der Waals surface area contributed by atoms with Gasteiger partial charge in [-0.3, -0.25) is 4.98 Å². The molecule has 1 unspecified atom stereocenters. The number of hydrogen-bond donors (Lipinski definition) is 1. The first-order valence-electron chi connectivity index (χ1n) is 6.85. The molecular formula is C17H19BrN2O. The molecule has 0 spiro atoms. The first kappa shape index (κ1) is 15.6. The lowest BCUT2D eigenvalue weighted by Crippen LogP contribution is -2.11. The Labute approximate surface area is 134 Å². The minimum atomic E-state index is 0.180. The molecule has 1 aromatic heterocycles. The smallest absolute Gasteiger partial charge is 0.119 e. The molecule has 0 bridgehead atoms. The van der Waals surface area contributed by atoms with Crippen LogP contribution in [-0.4, -0.2) is 12.1 Å². The topological polar surface area (TPSA) is 34.1 Å². The SMILES string of the molecule is C=CCCC(Nc1ccc(OC)cc1)c1cnccc1Br. The van der Waals surface area contributed by atoms with Gasteiger partial charge in [-0.2, -0.15) is 0 Å². The van der Waals surface area contributed by atoms with E-state index in [9.17, 15) is 0 Å². The monoisotopic (exact) mass is 346 g/mol. The van der Waals surface area contributed by atoms with E-state index < -0.39 is 0 Å². The molecule has 1 heterocycles. The first-order valence-corrected chi connectivity index (χ1v) is 7.64. The highest BCUT2D eigenvalue weighted by Crippen LogP contribution is 2.29. The molecule has 0 fully saturated rings. The van der Waals surface area contributed by atoms with Crippen LogP contribution in [0.5, 0.6) is 5.75 Å². The Kier molecular flexibility index (Phi) is 5.81. The van der Waals surface area contributed by atoms with Gasteiger partial charge in [-0.25, -0.2) is 0 Å². The van der Waals surface area contributed by atoms with Crippen molar-refractivity contribution in [2.45, 2.75) is 18.9 Å². The molecule has 0 amide bonds. The third-order valence-corrected chi connectivity index (χ3v) is 3.98. The highest BCUT2D eigenvalue weighted by atomic mass is 79.9. The Balaban J connectivity index is 2.19. The summed E-state index contributed by atoms with van der Waals surface area (Å²) in [6.45, 7) is 3.81. The normalized spacial score (nSPS) is 11.7. The second-order valence-corrected chi connectivity index (χ2v) is 5.54. The van der Waals surface area contributed by atoms with Gasteiger partial charge in [0.1, 0.15) is 5.75 Å². The fourth-order valence-electron chi connectivity index (χ4n) is 2.12. The van der Waals surface area contributed by atoms with Gasteiger partial charge in [0.2, 0.25) is 0 Å². The number of nitrogens with zero attached hydrogens (tertiary/aromatic N) is 1. The van der Waals surface area contributed by atoms with E-state index in [2.05, 4.69) is 32.8 Å². The van der Waals surface area contributed by atoms with Gasteiger partial charge in [-0.05, 0) is 43.2 Å². The fraction of sp³-hybridized carbons (Fsp3) is 0.235. The molecule has 1 N–H and O–H groups in total. The molecule has 110 valence electrons. The number of halogens is 1. The third-order valence-electron chi connectivity index (χ3n) is 3.26. The maximum atomic E-state index is 5.18. The van der Waals surface area contributed by atoms with Crippen LogP contribution >= 0.6 is 15.9 Å². The predicted octanol–water partition coefficient (Wildman–Crippen LogP) is 4.97. The predicted molar refractivity (Wildman–Crippen MR) is 90.7 cm³/mol. The van der Waals surface area contributed by atoms with Crippen molar-refractivity contribution in [1.29, 1.82) is 0 Å². The van der Waals surface area contributed by atoms with Crippen LogP contribution in [0.25, 0.3) is 0 Å². The summed E-state index contributed by atoms with van der Waals surface area (Å²) >= 11 is 3.60. The van der Waals surface area contributed by atoms with Crippen LogP contribution in [0.3, 0.4) is 0 Å². The summed E-state index contributed by atoms with van der Waals surface area (Å²) in [5, 5.41) is 3.55. The molecule has 0 aliphatic carbocycles. The molecule has 0 radical (unpaired) electrons. The number of benzene rings is 1. The van der Waals surface area contributed by atoms with Crippen molar-refractivity contribution < 1.29 is 4.74 Å². The van der Waals surface area contributed by atoms with Gasteiger partial charge in [0.05, 0.1) is 13.2 Å². The van der Waals surface area contributed by atoms with Crippen molar-refractivity contribution in [3.63, 3.8) is 0 Å². The number of pyridine rings is 1. The van der Waals surface area contributed by atoms with Crippen molar-refractivity contribution in [3.05, 3.63) is 65.4 Å². The van der Waals surface area contributed by atoms with Gasteiger partial charge in [-0.1, -0.05) is 22.0 Å². The molecule has 2 aromatic rings. The molecule has 0 aliphatic heterocycles. The highest BCUT2D eigenvalue weighted by Gasteiger charge is 2.14. The molecule has 1 atom stereocenters. The highest BCUT2D eigenvalue weighted by molar-refractivity contribution is 9.10. The van der Waals surface area contributed by atoms with E-state index in [0.717, 1.165) is 34.3 Å². The maximum absolute atomic E-state index is 5.18. The number of ether oxygens (including phenoxy) is 1. The molecule has 0 aliphatic rings. The lowest BCUT2D eigenvalue weighted by Gasteiger charge is -2.21. The zero-order valence-electron chi connectivity index (χ0n) is 12.1. The summed E-state index contributed by atoms with van der Waals surface area (Å²) in [5.41, 5.74) is 2.20. The van der Waals surface area contributed by atoms with Crippen LogP contribution in [0.2, 0.25) is 0 Å². The summed E-state index contributed by atoms with van der Waals surface area (Å²) in [4.78, 5) is 4.23. The van der Waals surface area contributed by atoms with E-state index in [0.29, 0.717) is 0 Å². The number of methoxy groups -OCH3 is 1. The third kappa shape index (κ3) is 4.33. The quantitative estimate of drug-likeness (QED) is 0.718. The minimum Gasteiger partial charge on any atom is -0.497 e. The molecule has 0 saturated carbocycles. The zero-order chi connectivity index (χ0) is 15.1. The summed E-state index contributed by atoms with van der Waals surface area (Å²) in [5.74, 6) is 0.853. The Morgan fingerprint density at radius 1 is 1.33 bits per heavy atom. The van der Waals surface area contributed by atoms with Crippen molar-refractivity contribution >= 4 is 21.6 Å². The molecule has 2 rings (SSSR count). The summed E-state index contributed by atoms with van der Waals surface area (Å²) in [7, 11) is 1.67. The van der Waals surface area contributed by atoms with Gasteiger partial charge < -0.3 is 10.1 Å². The fourth-order valence-corrected chi connectivity index (χ4v) is 2.62. The van der Waals surface area contributed by atoms with E-state index in [1.165, 1.54) is 0 Å². The summed E-state index contributed by atoms with van der Waals surface area (Å²) < 4.78 is 6.25. The number of hydrogen-bond acceptors (Lipinski definition) is 3. The Morgan fingerprint density at radius 2 is 2.10 bits per heavy atom. The summed E-state index contributed by atoms with van der Waals surface area (Å²) in [6.07, 6.45) is 7.52. The minimum absolute atomic E-state index is 0.180. The van der Waals surface area contributed by atoms with Crippen molar-refractivity contribution in [2.75, 3.05) is 12.4 Å². The molecule has 1 aromatic carbocycles. The van der Waals surface area contributed by atoms with Gasteiger partial charge in [-0.15, -0.1) is 6.58 Å². The Morgan fingerprint density at radius 3 is 2.71 bits per heavy atom. The van der Waals surface area contributed by atoms with Crippen LogP contribution in [-0.2, 0) is 0 Å². The van der Waals surface area contributed by atoms with Crippen molar-refractivity contribution in [2.24, 2.45) is 0 Å². The molecule has 21 heavy (non-hydrogen) atoms. The van der Waals surface area contributed by atoms with Gasteiger partial charge >= 0.3 is 0 Å². The van der Waals surface area contributed by atoms with Gasteiger partial charge in [0, 0.05) is 28.1 Å². The van der Waals surface area contributed by atoms with Crippen LogP contribution in [0, 0.1) is 0 Å². The standard InChI is InChI=1S/C17H19BrN2O/c1-3-4-5-17(15-12-19-11-10-16(15)18)20-13-6-8-14(21-2)9-7-13/h3,6-12,17,20H,1,4-5H2,2H3. The lowest BCUT2D eigenvalue weighted by atomic mass is 10.0. The number of rotatable bonds is 7. The molecule has 0 saturated heterocycles. The number of nitrogens with one attached hydrogen (secondary N) is 1. The maximum Gasteiger partial charge on any atom is 0.119 e. The number of aromatic nitrogens is 1. The second kappa shape index (κ2) is 7.84.